The molecule has 2 heteroatoms. The molecule has 0 aromatic carbocycles. The van der Waals surface area contributed by atoms with Crippen LogP contribution in [0.2, 0.25) is 0 Å². The molecule has 2 saturated carbocycles. The average molecular weight is 274 g/mol. The first-order valence-electron chi connectivity index (χ1n) is 8.30. The van der Waals surface area contributed by atoms with E-state index in [-0.39, 0.29) is 12.8 Å². The van der Waals surface area contributed by atoms with E-state index in [9.17, 15) is 8.78 Å². The first-order chi connectivity index (χ1) is 8.93. The second-order valence-corrected chi connectivity index (χ2v) is 7.05. The maximum atomic E-state index is 12.1. The molecular formula is C17H32F2. The molecule has 19 heavy (non-hydrogen) atoms. The molecular weight excluding hydrogens is 242 g/mol. The van der Waals surface area contributed by atoms with Crippen LogP contribution in [-0.4, -0.2) is 5.92 Å². The SMILES string of the molecule is CC(C)CC1CCCCC1.CCCC1CC(F)(F)C1. The zero-order valence-electron chi connectivity index (χ0n) is 13.1. The van der Waals surface area contributed by atoms with Crippen molar-refractivity contribution < 1.29 is 8.78 Å². The van der Waals surface area contributed by atoms with Crippen molar-refractivity contribution in [1.29, 1.82) is 0 Å². The summed E-state index contributed by atoms with van der Waals surface area (Å²) in [7, 11) is 0. The summed E-state index contributed by atoms with van der Waals surface area (Å²) in [5.74, 6) is 0.0154. The lowest BCUT2D eigenvalue weighted by molar-refractivity contribution is -0.112. The molecule has 0 heterocycles. The van der Waals surface area contributed by atoms with E-state index in [0.717, 1.165) is 24.7 Å². The standard InChI is InChI=1S/C10H20.C7H12F2/c1-9(2)8-10-6-4-3-5-7-10;1-2-3-6-4-7(8,9)5-6/h9-10H,3-8H2,1-2H3;6H,2-5H2,1H3. The molecule has 114 valence electrons. The van der Waals surface area contributed by atoms with E-state index in [0.29, 0.717) is 5.92 Å². The van der Waals surface area contributed by atoms with Gasteiger partial charge in [0.25, 0.3) is 0 Å². The summed E-state index contributed by atoms with van der Waals surface area (Å²) in [4.78, 5) is 0. The lowest BCUT2D eigenvalue weighted by Gasteiger charge is -2.34. The Balaban J connectivity index is 0.000000191. The van der Waals surface area contributed by atoms with Gasteiger partial charge in [0.15, 0.2) is 0 Å². The van der Waals surface area contributed by atoms with E-state index < -0.39 is 5.92 Å². The Morgan fingerprint density at radius 1 is 1.00 bits per heavy atom. The fourth-order valence-electron chi connectivity index (χ4n) is 3.49. The van der Waals surface area contributed by atoms with Crippen LogP contribution in [-0.2, 0) is 0 Å². The summed E-state index contributed by atoms with van der Waals surface area (Å²) in [6.07, 6.45) is 11.3. The highest BCUT2D eigenvalue weighted by Crippen LogP contribution is 2.44. The Labute approximate surface area is 118 Å². The zero-order valence-corrected chi connectivity index (χ0v) is 13.1. The molecule has 0 radical (unpaired) electrons. The van der Waals surface area contributed by atoms with Crippen LogP contribution in [0.5, 0.6) is 0 Å². The van der Waals surface area contributed by atoms with E-state index >= 15 is 0 Å². The Morgan fingerprint density at radius 3 is 2.00 bits per heavy atom. The van der Waals surface area contributed by atoms with Crippen LogP contribution in [0.4, 0.5) is 8.78 Å². The van der Waals surface area contributed by atoms with Crippen molar-refractivity contribution >= 4 is 0 Å². The molecule has 0 unspecified atom stereocenters. The van der Waals surface area contributed by atoms with Gasteiger partial charge in [-0.2, -0.15) is 0 Å². The van der Waals surface area contributed by atoms with Crippen LogP contribution in [0, 0.1) is 17.8 Å². The van der Waals surface area contributed by atoms with Gasteiger partial charge in [0, 0.05) is 12.8 Å². The third kappa shape index (κ3) is 7.27. The van der Waals surface area contributed by atoms with Crippen molar-refractivity contribution in [3.8, 4) is 0 Å². The molecule has 2 fully saturated rings. The molecule has 0 aromatic heterocycles. The molecule has 0 aromatic rings. The van der Waals surface area contributed by atoms with E-state index in [1.165, 1.54) is 38.5 Å². The van der Waals surface area contributed by atoms with Crippen LogP contribution in [0.15, 0.2) is 0 Å². The Morgan fingerprint density at radius 2 is 1.58 bits per heavy atom. The van der Waals surface area contributed by atoms with E-state index in [1.807, 2.05) is 6.92 Å². The monoisotopic (exact) mass is 274 g/mol. The van der Waals surface area contributed by atoms with Gasteiger partial charge in [-0.3, -0.25) is 0 Å². The predicted octanol–water partition coefficient (Wildman–Crippen LogP) is 6.44. The highest BCUT2D eigenvalue weighted by atomic mass is 19.3. The maximum Gasteiger partial charge on any atom is 0.248 e. The van der Waals surface area contributed by atoms with Crippen molar-refractivity contribution in [1.82, 2.24) is 0 Å². The van der Waals surface area contributed by atoms with Crippen LogP contribution in [0.25, 0.3) is 0 Å². The second kappa shape index (κ2) is 8.21. The number of halogens is 2. The number of rotatable bonds is 4. The molecule has 0 N–H and O–H groups in total. The smallest absolute Gasteiger partial charge is 0.207 e. The second-order valence-electron chi connectivity index (χ2n) is 7.05. The first-order valence-corrected chi connectivity index (χ1v) is 8.30. The lowest BCUT2D eigenvalue weighted by atomic mass is 9.79. The predicted molar refractivity (Wildman–Crippen MR) is 78.6 cm³/mol. The minimum absolute atomic E-state index is 0.140. The van der Waals surface area contributed by atoms with Gasteiger partial charge in [0.05, 0.1) is 0 Å². The quantitative estimate of drug-likeness (QED) is 0.553. The van der Waals surface area contributed by atoms with Crippen LogP contribution in [0.1, 0.15) is 85.0 Å². The molecule has 2 aliphatic rings. The van der Waals surface area contributed by atoms with Crippen molar-refractivity contribution in [2.45, 2.75) is 90.9 Å². The van der Waals surface area contributed by atoms with E-state index in [2.05, 4.69) is 13.8 Å². The van der Waals surface area contributed by atoms with Gasteiger partial charge < -0.3 is 0 Å². The number of hydrogen-bond donors (Lipinski definition) is 0. The lowest BCUT2D eigenvalue weighted by Crippen LogP contribution is -2.35. The largest absolute Gasteiger partial charge is 0.248 e. The van der Waals surface area contributed by atoms with Gasteiger partial charge in [-0.05, 0) is 24.2 Å². The molecule has 0 spiro atoms. The van der Waals surface area contributed by atoms with Gasteiger partial charge >= 0.3 is 0 Å². The Kier molecular flexibility index (Phi) is 7.31. The highest BCUT2D eigenvalue weighted by Gasteiger charge is 2.44. The number of alkyl halides is 2. The molecule has 0 atom stereocenters. The minimum Gasteiger partial charge on any atom is -0.207 e. The summed E-state index contributed by atoms with van der Waals surface area (Å²) < 4.78 is 24.2. The topological polar surface area (TPSA) is 0 Å². The van der Waals surface area contributed by atoms with Crippen molar-refractivity contribution in [3.63, 3.8) is 0 Å². The summed E-state index contributed by atoms with van der Waals surface area (Å²) in [6.45, 7) is 6.72. The maximum absolute atomic E-state index is 12.1. The third-order valence-electron chi connectivity index (χ3n) is 4.40. The van der Waals surface area contributed by atoms with Gasteiger partial charge in [-0.25, -0.2) is 8.78 Å². The fourth-order valence-corrected chi connectivity index (χ4v) is 3.49. The van der Waals surface area contributed by atoms with Gasteiger partial charge in [0.2, 0.25) is 5.92 Å². The fraction of sp³-hybridized carbons (Fsp3) is 1.00. The molecule has 0 aliphatic heterocycles. The minimum atomic E-state index is -2.31. The summed E-state index contributed by atoms with van der Waals surface area (Å²) in [5.41, 5.74) is 0. The molecule has 2 aliphatic carbocycles. The molecule has 0 nitrogen and oxygen atoms in total. The van der Waals surface area contributed by atoms with Gasteiger partial charge in [-0.1, -0.05) is 65.7 Å². The Bertz CT molecular complexity index is 221. The van der Waals surface area contributed by atoms with Gasteiger partial charge in [-0.15, -0.1) is 0 Å². The number of hydrogen-bond acceptors (Lipinski definition) is 0. The van der Waals surface area contributed by atoms with E-state index in [1.54, 1.807) is 0 Å². The summed E-state index contributed by atoms with van der Waals surface area (Å²) in [6, 6.07) is 0. The summed E-state index contributed by atoms with van der Waals surface area (Å²) >= 11 is 0. The van der Waals surface area contributed by atoms with Crippen molar-refractivity contribution in [2.24, 2.45) is 17.8 Å². The van der Waals surface area contributed by atoms with Crippen LogP contribution < -0.4 is 0 Å². The summed E-state index contributed by atoms with van der Waals surface area (Å²) in [5, 5.41) is 0. The average Bonchev–Trinajstić information content (AvgIpc) is 2.28. The zero-order chi connectivity index (χ0) is 14.3. The first kappa shape index (κ1) is 16.9. The Hall–Kier alpha value is -0.140. The van der Waals surface area contributed by atoms with E-state index in [4.69, 9.17) is 0 Å². The normalized spacial score (nSPS) is 23.7. The highest BCUT2D eigenvalue weighted by molar-refractivity contribution is 4.85. The van der Waals surface area contributed by atoms with Crippen LogP contribution in [0.3, 0.4) is 0 Å². The van der Waals surface area contributed by atoms with Crippen molar-refractivity contribution in [2.75, 3.05) is 0 Å². The van der Waals surface area contributed by atoms with Crippen LogP contribution >= 0.6 is 0 Å². The third-order valence-corrected chi connectivity index (χ3v) is 4.40. The molecule has 0 bridgehead atoms. The molecule has 0 saturated heterocycles. The molecule has 2 rings (SSSR count). The van der Waals surface area contributed by atoms with Gasteiger partial charge in [0.1, 0.15) is 0 Å². The van der Waals surface area contributed by atoms with Crippen molar-refractivity contribution in [3.05, 3.63) is 0 Å². The molecule has 0 amide bonds.